The van der Waals surface area contributed by atoms with Crippen LogP contribution in [0.1, 0.15) is 83.1 Å². The van der Waals surface area contributed by atoms with Crippen LogP contribution in [0.15, 0.2) is 0 Å². The molecular formula is C17H42N4O3. The Balaban J connectivity index is -0.000000301. The van der Waals surface area contributed by atoms with Crippen molar-refractivity contribution in [2.45, 2.75) is 105 Å². The van der Waals surface area contributed by atoms with E-state index in [-0.39, 0.29) is 22.2 Å². The first-order valence-electron chi connectivity index (χ1n) is 8.06. The summed E-state index contributed by atoms with van der Waals surface area (Å²) in [5, 5.41) is 17.7. The number of hydrogen-bond donors (Lipinski definition) is 4. The molecule has 0 aliphatic carbocycles. The monoisotopic (exact) mass is 350 g/mol. The number of nitrogens with two attached hydrogens (primary N) is 2. The average molecular weight is 351 g/mol. The van der Waals surface area contributed by atoms with Crippen molar-refractivity contribution in [1.82, 2.24) is 10.0 Å². The summed E-state index contributed by atoms with van der Waals surface area (Å²) >= 11 is 0. The SMILES string of the molecule is CC(C)(C)N(N)C(C)(C)C.CC(C)(C)N(N)C(C)(C)C.O=C(O)O. The predicted octanol–water partition coefficient (Wildman–Crippen LogP) is 3.74. The van der Waals surface area contributed by atoms with E-state index in [4.69, 9.17) is 26.7 Å². The molecule has 0 bridgehead atoms. The van der Waals surface area contributed by atoms with Crippen LogP contribution in [0.5, 0.6) is 0 Å². The maximum atomic E-state index is 8.56. The second kappa shape index (κ2) is 9.56. The van der Waals surface area contributed by atoms with Gasteiger partial charge >= 0.3 is 6.16 Å². The molecule has 7 heteroatoms. The summed E-state index contributed by atoms with van der Waals surface area (Å²) in [6, 6.07) is 0. The first-order chi connectivity index (χ1) is 10.0. The van der Waals surface area contributed by atoms with E-state index < -0.39 is 6.16 Å². The third-order valence-electron chi connectivity index (χ3n) is 2.89. The average Bonchev–Trinajstić information content (AvgIpc) is 2.22. The van der Waals surface area contributed by atoms with Gasteiger partial charge in [-0.05, 0) is 83.1 Å². The summed E-state index contributed by atoms with van der Waals surface area (Å²) in [5.41, 5.74) is 0.215. The van der Waals surface area contributed by atoms with Crippen molar-refractivity contribution in [2.24, 2.45) is 11.7 Å². The van der Waals surface area contributed by atoms with E-state index >= 15 is 0 Å². The van der Waals surface area contributed by atoms with Crippen molar-refractivity contribution in [3.63, 3.8) is 0 Å². The number of carboxylic acid groups (broad SMARTS) is 2. The van der Waals surface area contributed by atoms with E-state index in [1.807, 2.05) is 10.0 Å². The van der Waals surface area contributed by atoms with Crippen molar-refractivity contribution < 1.29 is 15.0 Å². The highest BCUT2D eigenvalue weighted by Crippen LogP contribution is 2.20. The van der Waals surface area contributed by atoms with Crippen LogP contribution in [0.2, 0.25) is 0 Å². The Morgan fingerprint density at radius 2 is 0.667 bits per heavy atom. The van der Waals surface area contributed by atoms with Crippen molar-refractivity contribution in [3.8, 4) is 0 Å². The van der Waals surface area contributed by atoms with Gasteiger partial charge in [-0.1, -0.05) is 0 Å². The zero-order valence-electron chi connectivity index (χ0n) is 17.9. The fourth-order valence-electron chi connectivity index (χ4n) is 2.01. The maximum absolute atomic E-state index is 8.56. The van der Waals surface area contributed by atoms with E-state index in [0.717, 1.165) is 0 Å². The molecule has 6 N–H and O–H groups in total. The van der Waals surface area contributed by atoms with E-state index in [1.54, 1.807) is 0 Å². The molecule has 0 amide bonds. The minimum absolute atomic E-state index is 0.0538. The summed E-state index contributed by atoms with van der Waals surface area (Å²) in [5.74, 6) is 11.7. The minimum atomic E-state index is -1.83. The highest BCUT2D eigenvalue weighted by molar-refractivity contribution is 5.53. The second-order valence-corrected chi connectivity index (χ2v) is 9.71. The lowest BCUT2D eigenvalue weighted by molar-refractivity contribution is 0.0378. The highest BCUT2D eigenvalue weighted by Gasteiger charge is 2.28. The molecule has 0 aromatic carbocycles. The van der Waals surface area contributed by atoms with Gasteiger partial charge in [0.15, 0.2) is 0 Å². The molecule has 0 atom stereocenters. The molecule has 0 heterocycles. The first-order valence-corrected chi connectivity index (χ1v) is 8.06. The Morgan fingerprint density at radius 3 is 0.667 bits per heavy atom. The van der Waals surface area contributed by atoms with Crippen LogP contribution >= 0.6 is 0 Å². The molecule has 0 saturated heterocycles. The maximum Gasteiger partial charge on any atom is 0.503 e. The quantitative estimate of drug-likeness (QED) is 0.388. The van der Waals surface area contributed by atoms with Crippen molar-refractivity contribution in [1.29, 1.82) is 0 Å². The van der Waals surface area contributed by atoms with Gasteiger partial charge in [-0.2, -0.15) is 0 Å². The van der Waals surface area contributed by atoms with E-state index in [9.17, 15) is 0 Å². The fourth-order valence-corrected chi connectivity index (χ4v) is 2.01. The summed E-state index contributed by atoms with van der Waals surface area (Å²) in [6.45, 7) is 25.3. The van der Waals surface area contributed by atoms with Gasteiger partial charge in [-0.25, -0.2) is 14.8 Å². The lowest BCUT2D eigenvalue weighted by atomic mass is 9.99. The van der Waals surface area contributed by atoms with Gasteiger partial charge in [-0.15, -0.1) is 0 Å². The van der Waals surface area contributed by atoms with Crippen LogP contribution in [-0.4, -0.2) is 48.5 Å². The second-order valence-electron chi connectivity index (χ2n) is 9.71. The molecule has 0 saturated carbocycles. The van der Waals surface area contributed by atoms with E-state index in [0.29, 0.717) is 0 Å². The van der Waals surface area contributed by atoms with Gasteiger partial charge in [0.05, 0.1) is 0 Å². The van der Waals surface area contributed by atoms with Crippen LogP contribution in [0, 0.1) is 0 Å². The van der Waals surface area contributed by atoms with Gasteiger partial charge in [-0.3, -0.25) is 11.7 Å². The smallest absolute Gasteiger partial charge is 0.450 e. The number of nitrogens with zero attached hydrogens (tertiary/aromatic N) is 2. The summed E-state index contributed by atoms with van der Waals surface area (Å²) < 4.78 is 0. The molecule has 0 rings (SSSR count). The van der Waals surface area contributed by atoms with Crippen molar-refractivity contribution in [2.75, 3.05) is 0 Å². The van der Waals surface area contributed by atoms with E-state index in [2.05, 4.69) is 83.1 Å². The molecule has 0 aromatic rings. The van der Waals surface area contributed by atoms with Gasteiger partial charge in [0.1, 0.15) is 0 Å². The Labute approximate surface area is 148 Å². The molecule has 0 radical (unpaired) electrons. The minimum Gasteiger partial charge on any atom is -0.450 e. The van der Waals surface area contributed by atoms with Gasteiger partial charge < -0.3 is 10.2 Å². The molecule has 0 aliphatic rings. The standard InChI is InChI=1S/2C8H20N2.CH2O3/c2*1-7(2,3)10(9)8(4,5)6;2-1(3)4/h2*9H2,1-6H3;(H2,2,3,4). The molecule has 0 unspecified atom stereocenters. The Bertz CT molecular complexity index is 296. The molecule has 0 fully saturated rings. The summed E-state index contributed by atoms with van der Waals surface area (Å²) in [6.07, 6.45) is -1.83. The third kappa shape index (κ3) is 16.0. The molecule has 148 valence electrons. The summed E-state index contributed by atoms with van der Waals surface area (Å²) in [4.78, 5) is 8.56. The largest absolute Gasteiger partial charge is 0.503 e. The van der Waals surface area contributed by atoms with Crippen LogP contribution < -0.4 is 11.7 Å². The molecule has 0 spiro atoms. The normalized spacial score (nSPS) is 13.0. The molecule has 7 nitrogen and oxygen atoms in total. The van der Waals surface area contributed by atoms with Crippen LogP contribution in [0.25, 0.3) is 0 Å². The van der Waals surface area contributed by atoms with Crippen molar-refractivity contribution in [3.05, 3.63) is 0 Å². The zero-order valence-corrected chi connectivity index (χ0v) is 17.9. The van der Waals surface area contributed by atoms with Crippen molar-refractivity contribution >= 4 is 6.16 Å². The summed E-state index contributed by atoms with van der Waals surface area (Å²) in [7, 11) is 0. The van der Waals surface area contributed by atoms with Crippen LogP contribution in [-0.2, 0) is 0 Å². The van der Waals surface area contributed by atoms with Gasteiger partial charge in [0.25, 0.3) is 0 Å². The third-order valence-corrected chi connectivity index (χ3v) is 2.89. The van der Waals surface area contributed by atoms with E-state index in [1.165, 1.54) is 0 Å². The first kappa shape index (κ1) is 27.9. The van der Waals surface area contributed by atoms with Crippen LogP contribution in [0.4, 0.5) is 4.79 Å². The van der Waals surface area contributed by atoms with Crippen LogP contribution in [0.3, 0.4) is 0 Å². The molecule has 0 aliphatic heterocycles. The lowest BCUT2D eigenvalue weighted by Crippen LogP contribution is -2.56. The van der Waals surface area contributed by atoms with Gasteiger partial charge in [0, 0.05) is 22.2 Å². The highest BCUT2D eigenvalue weighted by atomic mass is 16.6. The molecular weight excluding hydrogens is 308 g/mol. The fraction of sp³-hybridized carbons (Fsp3) is 0.941. The predicted molar refractivity (Wildman–Crippen MR) is 102 cm³/mol. The Morgan fingerprint density at radius 1 is 0.583 bits per heavy atom. The number of carbonyl (C=O) groups is 1. The number of hydrogen-bond acceptors (Lipinski definition) is 5. The number of hydrazine groups is 2. The van der Waals surface area contributed by atoms with Gasteiger partial charge in [0.2, 0.25) is 0 Å². The Kier molecular flexibility index (Phi) is 11.1. The molecule has 24 heavy (non-hydrogen) atoms. The lowest BCUT2D eigenvalue weighted by Gasteiger charge is -2.41. The topological polar surface area (TPSA) is 116 Å². The zero-order chi connectivity index (χ0) is 20.7. The molecule has 0 aromatic heterocycles. The Hall–Kier alpha value is -0.890. The number of rotatable bonds is 0.